The Labute approximate surface area is 157 Å². The summed E-state index contributed by atoms with van der Waals surface area (Å²) in [6.07, 6.45) is 7.10. The molecule has 26 heavy (non-hydrogen) atoms. The number of nitrogens with one attached hydrogen (secondary N) is 1. The lowest BCUT2D eigenvalue weighted by Crippen LogP contribution is -2.46. The molecule has 0 spiro atoms. The van der Waals surface area contributed by atoms with E-state index in [1.54, 1.807) is 0 Å². The smallest absolute Gasteiger partial charge is 0.193 e. The van der Waals surface area contributed by atoms with Crippen LogP contribution in [0.4, 0.5) is 0 Å². The summed E-state index contributed by atoms with van der Waals surface area (Å²) in [5.74, 6) is 1.58. The number of likely N-dealkylation sites (tertiary alicyclic amines) is 1. The van der Waals surface area contributed by atoms with Gasteiger partial charge < -0.3 is 15.0 Å². The monoisotopic (exact) mass is 362 g/mol. The molecule has 2 aliphatic heterocycles. The van der Waals surface area contributed by atoms with Gasteiger partial charge in [0.1, 0.15) is 0 Å². The van der Waals surface area contributed by atoms with E-state index in [9.17, 15) is 0 Å². The Morgan fingerprint density at radius 1 is 1.31 bits per heavy atom. The molecule has 1 N–H and O–H groups in total. The Balaban J connectivity index is 1.40. The predicted octanol–water partition coefficient (Wildman–Crippen LogP) is 1.28. The third-order valence-corrected chi connectivity index (χ3v) is 5.33. The van der Waals surface area contributed by atoms with Crippen molar-refractivity contribution in [1.82, 2.24) is 24.9 Å². The van der Waals surface area contributed by atoms with Gasteiger partial charge in [0.05, 0.1) is 18.4 Å². The number of guanidine groups is 1. The standard InChI is InChI=1S/C19H34N6O/c1-15-11-24(12-16(2)26-15)8-5-7-21-19(20-3)25-9-6-17(14-25)18-10-22-23(4)13-18/h10,13,15-17H,5-9,11-12,14H2,1-4H3,(H,20,21). The van der Waals surface area contributed by atoms with E-state index in [0.29, 0.717) is 18.1 Å². The zero-order valence-electron chi connectivity index (χ0n) is 16.7. The number of nitrogens with zero attached hydrogens (tertiary/aromatic N) is 5. The van der Waals surface area contributed by atoms with Crippen LogP contribution in [0.1, 0.15) is 38.2 Å². The van der Waals surface area contributed by atoms with Gasteiger partial charge in [0.2, 0.25) is 0 Å². The van der Waals surface area contributed by atoms with Crippen LogP contribution >= 0.6 is 0 Å². The molecule has 3 heterocycles. The molecule has 1 aromatic heterocycles. The van der Waals surface area contributed by atoms with Gasteiger partial charge in [-0.2, -0.15) is 5.10 Å². The molecule has 3 rings (SSSR count). The topological polar surface area (TPSA) is 57.9 Å². The molecular formula is C19H34N6O. The fourth-order valence-corrected chi connectivity index (χ4v) is 4.18. The van der Waals surface area contributed by atoms with Gasteiger partial charge in [0.15, 0.2) is 5.96 Å². The molecule has 3 atom stereocenters. The number of aromatic nitrogens is 2. The zero-order chi connectivity index (χ0) is 18.5. The number of hydrogen-bond acceptors (Lipinski definition) is 4. The average Bonchev–Trinajstić information content (AvgIpc) is 3.23. The van der Waals surface area contributed by atoms with E-state index in [4.69, 9.17) is 4.74 Å². The van der Waals surface area contributed by atoms with Gasteiger partial charge in [0.25, 0.3) is 0 Å². The third kappa shape index (κ3) is 4.98. The van der Waals surface area contributed by atoms with Crippen molar-refractivity contribution in [3.05, 3.63) is 18.0 Å². The summed E-state index contributed by atoms with van der Waals surface area (Å²) < 4.78 is 7.69. The summed E-state index contributed by atoms with van der Waals surface area (Å²) in [4.78, 5) is 9.37. The van der Waals surface area contributed by atoms with Crippen molar-refractivity contribution in [2.45, 2.75) is 44.8 Å². The lowest BCUT2D eigenvalue weighted by Gasteiger charge is -2.35. The number of aliphatic imine (C=N–C) groups is 1. The maximum atomic E-state index is 5.80. The van der Waals surface area contributed by atoms with Gasteiger partial charge >= 0.3 is 0 Å². The highest BCUT2D eigenvalue weighted by atomic mass is 16.5. The molecule has 3 unspecified atom stereocenters. The van der Waals surface area contributed by atoms with Crippen molar-refractivity contribution in [1.29, 1.82) is 0 Å². The molecule has 0 bridgehead atoms. The lowest BCUT2D eigenvalue weighted by atomic mass is 10.0. The van der Waals surface area contributed by atoms with E-state index < -0.39 is 0 Å². The summed E-state index contributed by atoms with van der Waals surface area (Å²) in [7, 11) is 3.86. The minimum Gasteiger partial charge on any atom is -0.373 e. The molecule has 2 fully saturated rings. The molecular weight excluding hydrogens is 328 g/mol. The molecule has 146 valence electrons. The number of rotatable bonds is 5. The van der Waals surface area contributed by atoms with E-state index in [2.05, 4.69) is 45.3 Å². The van der Waals surface area contributed by atoms with Gasteiger partial charge in [-0.05, 0) is 32.3 Å². The van der Waals surface area contributed by atoms with Crippen LogP contribution in [0.5, 0.6) is 0 Å². The minimum absolute atomic E-state index is 0.341. The molecule has 0 radical (unpaired) electrons. The second-order valence-electron chi connectivity index (χ2n) is 7.72. The van der Waals surface area contributed by atoms with E-state index in [-0.39, 0.29) is 0 Å². The Bertz CT molecular complexity index is 591. The SMILES string of the molecule is CN=C(NCCCN1CC(C)OC(C)C1)N1CCC(c2cnn(C)c2)C1. The molecule has 7 heteroatoms. The Hall–Kier alpha value is -1.60. The van der Waals surface area contributed by atoms with Gasteiger partial charge in [-0.3, -0.25) is 14.6 Å². The average molecular weight is 363 g/mol. The predicted molar refractivity (Wildman–Crippen MR) is 105 cm³/mol. The summed E-state index contributed by atoms with van der Waals surface area (Å²) in [6.45, 7) is 10.5. The summed E-state index contributed by atoms with van der Waals surface area (Å²) in [5.41, 5.74) is 1.33. The highest BCUT2D eigenvalue weighted by Crippen LogP contribution is 2.26. The van der Waals surface area contributed by atoms with Gasteiger partial charge in [0, 0.05) is 65.5 Å². The van der Waals surface area contributed by atoms with Crippen molar-refractivity contribution < 1.29 is 4.74 Å². The first-order chi connectivity index (χ1) is 12.5. The van der Waals surface area contributed by atoms with Crippen LogP contribution in [0, 0.1) is 0 Å². The van der Waals surface area contributed by atoms with Crippen molar-refractivity contribution in [2.24, 2.45) is 12.0 Å². The van der Waals surface area contributed by atoms with Crippen LogP contribution < -0.4 is 5.32 Å². The fourth-order valence-electron chi connectivity index (χ4n) is 4.18. The summed E-state index contributed by atoms with van der Waals surface area (Å²) >= 11 is 0. The van der Waals surface area contributed by atoms with Crippen LogP contribution in [0.2, 0.25) is 0 Å². The minimum atomic E-state index is 0.341. The number of ether oxygens (including phenoxy) is 1. The van der Waals surface area contributed by atoms with E-state index >= 15 is 0 Å². The van der Waals surface area contributed by atoms with Crippen molar-refractivity contribution >= 4 is 5.96 Å². The molecule has 1 aromatic rings. The van der Waals surface area contributed by atoms with Crippen LogP contribution in [-0.2, 0) is 11.8 Å². The largest absolute Gasteiger partial charge is 0.373 e. The van der Waals surface area contributed by atoms with Crippen LogP contribution in [0.3, 0.4) is 0 Å². The van der Waals surface area contributed by atoms with Crippen LogP contribution in [-0.4, -0.2) is 84.1 Å². The highest BCUT2D eigenvalue weighted by molar-refractivity contribution is 5.80. The van der Waals surface area contributed by atoms with Gasteiger partial charge in [-0.25, -0.2) is 0 Å². The normalized spacial score (nSPS) is 27.9. The molecule has 0 aromatic carbocycles. The van der Waals surface area contributed by atoms with Gasteiger partial charge in [-0.1, -0.05) is 0 Å². The maximum Gasteiger partial charge on any atom is 0.193 e. The second kappa shape index (κ2) is 8.86. The first kappa shape index (κ1) is 19.2. The Morgan fingerprint density at radius 3 is 2.73 bits per heavy atom. The Morgan fingerprint density at radius 2 is 2.08 bits per heavy atom. The van der Waals surface area contributed by atoms with E-state index in [1.807, 2.05) is 25.0 Å². The third-order valence-electron chi connectivity index (χ3n) is 5.33. The maximum absolute atomic E-state index is 5.80. The molecule has 2 saturated heterocycles. The number of morpholine rings is 1. The first-order valence-electron chi connectivity index (χ1n) is 9.87. The number of aryl methyl sites for hydroxylation is 1. The van der Waals surface area contributed by atoms with E-state index in [1.165, 1.54) is 5.56 Å². The van der Waals surface area contributed by atoms with Crippen molar-refractivity contribution in [2.75, 3.05) is 46.3 Å². The van der Waals surface area contributed by atoms with Crippen molar-refractivity contribution in [3.63, 3.8) is 0 Å². The summed E-state index contributed by atoms with van der Waals surface area (Å²) in [6, 6.07) is 0. The van der Waals surface area contributed by atoms with E-state index in [0.717, 1.165) is 58.1 Å². The molecule has 7 nitrogen and oxygen atoms in total. The first-order valence-corrected chi connectivity index (χ1v) is 9.87. The van der Waals surface area contributed by atoms with Crippen LogP contribution in [0.25, 0.3) is 0 Å². The summed E-state index contributed by atoms with van der Waals surface area (Å²) in [5, 5.41) is 7.85. The van der Waals surface area contributed by atoms with Crippen molar-refractivity contribution in [3.8, 4) is 0 Å². The quantitative estimate of drug-likeness (QED) is 0.486. The molecule has 0 amide bonds. The number of hydrogen-bond donors (Lipinski definition) is 1. The molecule has 2 aliphatic rings. The highest BCUT2D eigenvalue weighted by Gasteiger charge is 2.27. The zero-order valence-corrected chi connectivity index (χ0v) is 16.7. The fraction of sp³-hybridized carbons (Fsp3) is 0.789. The van der Waals surface area contributed by atoms with Gasteiger partial charge in [-0.15, -0.1) is 0 Å². The Kier molecular flexibility index (Phi) is 6.53. The molecule has 0 saturated carbocycles. The molecule has 0 aliphatic carbocycles. The lowest BCUT2D eigenvalue weighted by molar-refractivity contribution is -0.0679. The van der Waals surface area contributed by atoms with Crippen LogP contribution in [0.15, 0.2) is 17.4 Å². The second-order valence-corrected chi connectivity index (χ2v) is 7.72.